The number of aromatic nitrogens is 1. The van der Waals surface area contributed by atoms with E-state index in [1.54, 1.807) is 5.38 Å². The summed E-state index contributed by atoms with van der Waals surface area (Å²) in [7, 11) is 0. The van der Waals surface area contributed by atoms with E-state index >= 15 is 0 Å². The maximum atomic E-state index is 13.1. The lowest BCUT2D eigenvalue weighted by Gasteiger charge is -2.32. The summed E-state index contributed by atoms with van der Waals surface area (Å²) in [6.07, 6.45) is 7.33. The first-order chi connectivity index (χ1) is 14.0. The van der Waals surface area contributed by atoms with Crippen molar-refractivity contribution in [1.29, 1.82) is 0 Å². The Morgan fingerprint density at radius 1 is 1.10 bits per heavy atom. The van der Waals surface area contributed by atoms with E-state index in [0.717, 1.165) is 43.5 Å². The predicted molar refractivity (Wildman–Crippen MR) is 110 cm³/mol. The predicted octanol–water partition coefficient (Wildman–Crippen LogP) is 4.08. The number of likely N-dealkylation sites (tertiary alicyclic amines) is 1. The van der Waals surface area contributed by atoms with Crippen LogP contribution in [0.3, 0.4) is 0 Å². The maximum Gasteiger partial charge on any atom is 0.240 e. The van der Waals surface area contributed by atoms with Gasteiger partial charge in [0.1, 0.15) is 16.5 Å². The quantitative estimate of drug-likeness (QED) is 0.747. The highest BCUT2D eigenvalue weighted by Gasteiger charge is 2.37. The highest BCUT2D eigenvalue weighted by Crippen LogP contribution is 2.36. The van der Waals surface area contributed by atoms with E-state index in [1.165, 1.54) is 42.0 Å². The second-order valence-corrected chi connectivity index (χ2v) is 8.91. The Hall–Kier alpha value is -2.12. The fraction of sp³-hybridized carbons (Fsp3) is 0.500. The number of nitrogens with two attached hydrogens (primary N) is 1. The molecule has 1 aromatic carbocycles. The summed E-state index contributed by atoms with van der Waals surface area (Å²) in [5.41, 5.74) is 7.11. The molecule has 0 bridgehead atoms. The molecule has 154 valence electrons. The fourth-order valence-corrected chi connectivity index (χ4v) is 5.41. The first-order valence-corrected chi connectivity index (χ1v) is 11.2. The summed E-state index contributed by atoms with van der Waals surface area (Å²) in [5.74, 6) is -0.331. The Kier molecular flexibility index (Phi) is 6.06. The monoisotopic (exact) mass is 415 g/mol. The molecule has 1 saturated carbocycles. The van der Waals surface area contributed by atoms with E-state index in [9.17, 15) is 14.0 Å². The number of carbonyl (C=O) groups is 2. The molecule has 2 atom stereocenters. The van der Waals surface area contributed by atoms with Crippen LogP contribution in [-0.2, 0) is 4.79 Å². The molecule has 1 aliphatic heterocycles. The lowest BCUT2D eigenvalue weighted by Crippen LogP contribution is -2.48. The van der Waals surface area contributed by atoms with Crippen LogP contribution < -0.4 is 5.73 Å². The van der Waals surface area contributed by atoms with Crippen molar-refractivity contribution in [2.24, 2.45) is 11.7 Å². The summed E-state index contributed by atoms with van der Waals surface area (Å²) in [4.78, 5) is 32.1. The van der Waals surface area contributed by atoms with Crippen molar-refractivity contribution in [3.8, 4) is 0 Å². The zero-order valence-corrected chi connectivity index (χ0v) is 17.2. The highest BCUT2D eigenvalue weighted by atomic mass is 32.1. The summed E-state index contributed by atoms with van der Waals surface area (Å²) in [6.45, 7) is 0.685. The SMILES string of the molecule is NC(C(=O)N1CCCC1c1nc(C(=O)c2ccc(F)cc2)cs1)C1CCCCC1. The molecule has 2 fully saturated rings. The fourth-order valence-electron chi connectivity index (χ4n) is 4.47. The van der Waals surface area contributed by atoms with E-state index in [4.69, 9.17) is 5.73 Å². The molecule has 2 N–H and O–H groups in total. The van der Waals surface area contributed by atoms with Gasteiger partial charge >= 0.3 is 0 Å². The minimum atomic E-state index is -0.448. The second-order valence-electron chi connectivity index (χ2n) is 8.02. The van der Waals surface area contributed by atoms with Crippen LogP contribution >= 0.6 is 11.3 Å². The minimum Gasteiger partial charge on any atom is -0.332 e. The average molecular weight is 416 g/mol. The Bertz CT molecular complexity index is 876. The molecule has 1 aliphatic carbocycles. The lowest BCUT2D eigenvalue weighted by atomic mass is 9.83. The molecular weight excluding hydrogens is 389 g/mol. The van der Waals surface area contributed by atoms with Gasteiger partial charge in [-0.1, -0.05) is 19.3 Å². The topological polar surface area (TPSA) is 76.3 Å². The summed E-state index contributed by atoms with van der Waals surface area (Å²) < 4.78 is 13.1. The molecule has 0 spiro atoms. The minimum absolute atomic E-state index is 0.0148. The van der Waals surface area contributed by atoms with Crippen molar-refractivity contribution in [3.05, 3.63) is 51.7 Å². The van der Waals surface area contributed by atoms with Crippen LogP contribution in [0.2, 0.25) is 0 Å². The molecule has 2 aliphatic rings. The van der Waals surface area contributed by atoms with Crippen molar-refractivity contribution >= 4 is 23.0 Å². The van der Waals surface area contributed by atoms with Crippen molar-refractivity contribution in [2.45, 2.75) is 57.0 Å². The number of rotatable bonds is 5. The number of halogens is 1. The number of carbonyl (C=O) groups excluding carboxylic acids is 2. The van der Waals surface area contributed by atoms with Crippen LogP contribution in [-0.4, -0.2) is 34.2 Å². The lowest BCUT2D eigenvalue weighted by molar-refractivity contribution is -0.135. The third-order valence-corrected chi connectivity index (χ3v) is 7.07. The maximum absolute atomic E-state index is 13.1. The zero-order valence-electron chi connectivity index (χ0n) is 16.4. The van der Waals surface area contributed by atoms with Gasteiger partial charge in [0.25, 0.3) is 0 Å². The van der Waals surface area contributed by atoms with Crippen molar-refractivity contribution in [3.63, 3.8) is 0 Å². The largest absolute Gasteiger partial charge is 0.332 e. The molecule has 2 aromatic rings. The van der Waals surface area contributed by atoms with Gasteiger partial charge in [-0.05, 0) is 55.9 Å². The van der Waals surface area contributed by atoms with Crippen molar-refractivity contribution in [2.75, 3.05) is 6.54 Å². The first kappa shape index (κ1) is 20.2. The highest BCUT2D eigenvalue weighted by molar-refractivity contribution is 7.10. The zero-order chi connectivity index (χ0) is 20.4. The number of nitrogens with zero attached hydrogens (tertiary/aromatic N) is 2. The van der Waals surface area contributed by atoms with E-state index < -0.39 is 6.04 Å². The smallest absolute Gasteiger partial charge is 0.240 e. The van der Waals surface area contributed by atoms with E-state index in [-0.39, 0.29) is 29.5 Å². The van der Waals surface area contributed by atoms with Crippen LogP contribution in [0, 0.1) is 11.7 Å². The summed E-state index contributed by atoms with van der Waals surface area (Å²) >= 11 is 1.40. The molecule has 5 nitrogen and oxygen atoms in total. The molecular formula is C22H26FN3O2S. The van der Waals surface area contributed by atoms with Crippen molar-refractivity contribution < 1.29 is 14.0 Å². The Labute approximate surface area is 174 Å². The molecule has 1 saturated heterocycles. The van der Waals surface area contributed by atoms with Gasteiger partial charge in [0.15, 0.2) is 0 Å². The van der Waals surface area contributed by atoms with Gasteiger partial charge in [0.05, 0.1) is 12.1 Å². The van der Waals surface area contributed by atoms with Gasteiger partial charge in [-0.25, -0.2) is 9.37 Å². The first-order valence-electron chi connectivity index (χ1n) is 10.4. The molecule has 2 heterocycles. The normalized spacial score (nSPS) is 21.3. The molecule has 0 radical (unpaired) electrons. The van der Waals surface area contributed by atoms with Crippen LogP contribution in [0.4, 0.5) is 4.39 Å². The Morgan fingerprint density at radius 3 is 2.55 bits per heavy atom. The summed E-state index contributed by atoms with van der Waals surface area (Å²) in [6, 6.07) is 4.90. The van der Waals surface area contributed by atoms with Crippen molar-refractivity contribution in [1.82, 2.24) is 9.88 Å². The van der Waals surface area contributed by atoms with Crippen LogP contribution in [0.5, 0.6) is 0 Å². The second kappa shape index (κ2) is 8.71. The van der Waals surface area contributed by atoms with Gasteiger partial charge in [0, 0.05) is 17.5 Å². The van der Waals surface area contributed by atoms with Crippen LogP contribution in [0.15, 0.2) is 29.6 Å². The number of thiazole rings is 1. The molecule has 2 unspecified atom stereocenters. The van der Waals surface area contributed by atoms with Gasteiger partial charge in [-0.3, -0.25) is 9.59 Å². The average Bonchev–Trinajstić information content (AvgIpc) is 3.43. The standard InChI is InChI=1S/C22H26FN3O2S/c23-16-10-8-15(9-11-16)20(27)17-13-29-21(25-17)18-7-4-12-26(18)22(28)19(24)14-5-2-1-3-6-14/h8-11,13-14,18-19H,1-7,12,24H2. The molecule has 1 aromatic heterocycles. The molecule has 7 heteroatoms. The summed E-state index contributed by atoms with van der Waals surface area (Å²) in [5, 5.41) is 2.50. The van der Waals surface area contributed by atoms with Crippen LogP contribution in [0.1, 0.15) is 72.0 Å². The number of hydrogen-bond acceptors (Lipinski definition) is 5. The molecule has 29 heavy (non-hydrogen) atoms. The van der Waals surface area contributed by atoms with E-state index in [2.05, 4.69) is 4.98 Å². The van der Waals surface area contributed by atoms with Gasteiger partial charge in [-0.15, -0.1) is 11.3 Å². The van der Waals surface area contributed by atoms with E-state index in [1.807, 2.05) is 4.90 Å². The molecule has 4 rings (SSSR count). The number of benzene rings is 1. The van der Waals surface area contributed by atoms with Gasteiger partial charge in [-0.2, -0.15) is 0 Å². The Morgan fingerprint density at radius 2 is 1.83 bits per heavy atom. The van der Waals surface area contributed by atoms with Gasteiger partial charge in [0.2, 0.25) is 11.7 Å². The van der Waals surface area contributed by atoms with E-state index in [0.29, 0.717) is 17.8 Å². The number of amides is 1. The molecule has 1 amide bonds. The number of ketones is 1. The Balaban J connectivity index is 1.48. The third kappa shape index (κ3) is 4.26. The number of hydrogen-bond donors (Lipinski definition) is 1. The van der Waals surface area contributed by atoms with Crippen LogP contribution in [0.25, 0.3) is 0 Å². The third-order valence-electron chi connectivity index (χ3n) is 6.12. The van der Waals surface area contributed by atoms with Gasteiger partial charge < -0.3 is 10.6 Å².